The van der Waals surface area contributed by atoms with Crippen LogP contribution in [0.4, 0.5) is 5.69 Å². The lowest BCUT2D eigenvalue weighted by molar-refractivity contribution is 0.685. The molecule has 0 spiro atoms. The van der Waals surface area contributed by atoms with E-state index < -0.39 is 0 Å². The topological polar surface area (TPSA) is 3.24 Å². The maximum Gasteiger partial charge on any atom is 0.0642 e. The molecule has 1 aromatic carbocycles. The van der Waals surface area contributed by atoms with Crippen LogP contribution in [-0.4, -0.2) is 6.04 Å². The summed E-state index contributed by atoms with van der Waals surface area (Å²) in [5, 5.41) is 3.75. The number of halogens is 2. The number of nitrogens with zero attached hydrogens (tertiary/aromatic N) is 1. The maximum absolute atomic E-state index is 6.43. The highest BCUT2D eigenvalue weighted by Crippen LogP contribution is 2.34. The average Bonchev–Trinajstić information content (AvgIpc) is 2.89. The van der Waals surface area contributed by atoms with Gasteiger partial charge in [-0.15, -0.1) is 11.3 Å². The lowest BCUT2D eigenvalue weighted by Crippen LogP contribution is -2.30. The highest BCUT2D eigenvalue weighted by Gasteiger charge is 2.18. The van der Waals surface area contributed by atoms with Gasteiger partial charge in [0, 0.05) is 16.2 Å². The fourth-order valence-electron chi connectivity index (χ4n) is 2.08. The van der Waals surface area contributed by atoms with Crippen molar-refractivity contribution in [3.8, 4) is 0 Å². The van der Waals surface area contributed by atoms with Crippen LogP contribution >= 0.6 is 38.9 Å². The summed E-state index contributed by atoms with van der Waals surface area (Å²) >= 11 is 11.8. The highest BCUT2D eigenvalue weighted by atomic mass is 79.9. The first-order valence-electron chi connectivity index (χ1n) is 6.26. The van der Waals surface area contributed by atoms with Gasteiger partial charge in [-0.25, -0.2) is 0 Å². The molecule has 0 bridgehead atoms. The minimum absolute atomic E-state index is 0.403. The number of thiophene rings is 1. The van der Waals surface area contributed by atoms with E-state index in [1.807, 2.05) is 12.1 Å². The van der Waals surface area contributed by atoms with Crippen molar-refractivity contribution in [2.75, 3.05) is 4.90 Å². The number of alkyl halides is 1. The first-order chi connectivity index (χ1) is 9.13. The summed E-state index contributed by atoms with van der Waals surface area (Å²) in [6.07, 6.45) is 0. The fourth-order valence-corrected chi connectivity index (χ4v) is 3.54. The molecular formula is C15H17BrClNS. The maximum atomic E-state index is 6.43. The van der Waals surface area contributed by atoms with Gasteiger partial charge in [0.25, 0.3) is 0 Å². The summed E-state index contributed by atoms with van der Waals surface area (Å²) < 4.78 is 0. The Balaban J connectivity index is 2.39. The standard InChI is InChI=1S/C15H17BrClNS/c1-11(2)18(10-13-6-4-8-19-13)15-12(9-16)5-3-7-14(15)17/h3-8,11H,9-10H2,1-2H3. The van der Waals surface area contributed by atoms with E-state index in [9.17, 15) is 0 Å². The lowest BCUT2D eigenvalue weighted by Gasteiger charge is -2.31. The van der Waals surface area contributed by atoms with E-state index >= 15 is 0 Å². The molecule has 19 heavy (non-hydrogen) atoms. The zero-order valence-corrected chi connectivity index (χ0v) is 14.2. The first-order valence-corrected chi connectivity index (χ1v) is 8.63. The minimum atomic E-state index is 0.403. The molecule has 0 fully saturated rings. The SMILES string of the molecule is CC(C)N(Cc1cccs1)c1c(Cl)cccc1CBr. The quantitative estimate of drug-likeness (QED) is 0.619. The van der Waals surface area contributed by atoms with Crippen LogP contribution in [0, 0.1) is 0 Å². The molecule has 0 aliphatic rings. The van der Waals surface area contributed by atoms with Crippen molar-refractivity contribution in [3.63, 3.8) is 0 Å². The number of para-hydroxylation sites is 1. The molecule has 0 saturated carbocycles. The Morgan fingerprint density at radius 3 is 2.63 bits per heavy atom. The van der Waals surface area contributed by atoms with Gasteiger partial charge in [-0.2, -0.15) is 0 Å². The normalized spacial score (nSPS) is 11.0. The summed E-state index contributed by atoms with van der Waals surface area (Å²) in [6, 6.07) is 10.8. The van der Waals surface area contributed by atoms with E-state index in [1.54, 1.807) is 11.3 Å². The third-order valence-electron chi connectivity index (χ3n) is 3.03. The first kappa shape index (κ1) is 14.9. The Labute approximate surface area is 132 Å². The molecule has 1 heterocycles. The fraction of sp³-hybridized carbons (Fsp3) is 0.333. The van der Waals surface area contributed by atoms with Crippen molar-refractivity contribution in [1.29, 1.82) is 0 Å². The second kappa shape index (κ2) is 6.78. The number of hydrogen-bond acceptors (Lipinski definition) is 2. The molecule has 0 atom stereocenters. The molecule has 2 rings (SSSR count). The van der Waals surface area contributed by atoms with E-state index in [2.05, 4.69) is 58.3 Å². The van der Waals surface area contributed by atoms with Gasteiger partial charge in [0.1, 0.15) is 0 Å². The number of benzene rings is 1. The molecule has 0 saturated heterocycles. The smallest absolute Gasteiger partial charge is 0.0642 e. The Morgan fingerprint density at radius 1 is 1.26 bits per heavy atom. The van der Waals surface area contributed by atoms with Crippen molar-refractivity contribution >= 4 is 44.6 Å². The van der Waals surface area contributed by atoms with Crippen LogP contribution in [0.15, 0.2) is 35.7 Å². The second-order valence-corrected chi connectivity index (χ2v) is 6.68. The van der Waals surface area contributed by atoms with Crippen LogP contribution < -0.4 is 4.90 Å². The number of rotatable bonds is 5. The molecule has 2 aromatic rings. The zero-order chi connectivity index (χ0) is 13.8. The van der Waals surface area contributed by atoms with Crippen molar-refractivity contribution in [2.45, 2.75) is 31.8 Å². The van der Waals surface area contributed by atoms with E-state index in [1.165, 1.54) is 10.4 Å². The largest absolute Gasteiger partial charge is 0.363 e. The van der Waals surface area contributed by atoms with Crippen LogP contribution in [0.1, 0.15) is 24.3 Å². The average molecular weight is 359 g/mol. The van der Waals surface area contributed by atoms with Gasteiger partial charge in [-0.1, -0.05) is 45.7 Å². The molecule has 0 radical (unpaired) electrons. The van der Waals surface area contributed by atoms with Crippen LogP contribution in [0.3, 0.4) is 0 Å². The Kier molecular flexibility index (Phi) is 5.31. The summed E-state index contributed by atoms with van der Waals surface area (Å²) in [5.41, 5.74) is 2.38. The summed E-state index contributed by atoms with van der Waals surface area (Å²) in [6.45, 7) is 5.31. The molecule has 102 valence electrons. The molecule has 0 N–H and O–H groups in total. The van der Waals surface area contributed by atoms with Crippen molar-refractivity contribution in [1.82, 2.24) is 0 Å². The van der Waals surface area contributed by atoms with Crippen molar-refractivity contribution < 1.29 is 0 Å². The number of hydrogen-bond donors (Lipinski definition) is 0. The van der Waals surface area contributed by atoms with Crippen molar-refractivity contribution in [3.05, 3.63) is 51.2 Å². The summed E-state index contributed by atoms with van der Waals surface area (Å²) in [4.78, 5) is 3.72. The van der Waals surface area contributed by atoms with Gasteiger partial charge in [0.2, 0.25) is 0 Å². The lowest BCUT2D eigenvalue weighted by atomic mass is 10.1. The highest BCUT2D eigenvalue weighted by molar-refractivity contribution is 9.08. The van der Waals surface area contributed by atoms with Gasteiger partial charge in [-0.05, 0) is 36.9 Å². The molecule has 0 aliphatic carbocycles. The minimum Gasteiger partial charge on any atom is -0.363 e. The van der Waals surface area contributed by atoms with Crippen LogP contribution in [-0.2, 0) is 11.9 Å². The van der Waals surface area contributed by atoms with E-state index in [0.29, 0.717) is 6.04 Å². The van der Waals surface area contributed by atoms with Gasteiger partial charge in [0.15, 0.2) is 0 Å². The third-order valence-corrected chi connectivity index (χ3v) is 4.80. The number of anilines is 1. The monoisotopic (exact) mass is 357 g/mol. The van der Waals surface area contributed by atoms with Gasteiger partial charge in [0.05, 0.1) is 17.3 Å². The van der Waals surface area contributed by atoms with Gasteiger partial charge >= 0.3 is 0 Å². The third kappa shape index (κ3) is 3.53. The Hall–Kier alpha value is -0.510. The zero-order valence-electron chi connectivity index (χ0n) is 11.1. The second-order valence-electron chi connectivity index (χ2n) is 4.68. The Bertz CT molecular complexity index is 525. The van der Waals surface area contributed by atoms with Crippen LogP contribution in [0.5, 0.6) is 0 Å². The predicted molar refractivity (Wildman–Crippen MR) is 89.7 cm³/mol. The summed E-state index contributed by atoms with van der Waals surface area (Å²) in [5.74, 6) is 0. The molecule has 0 unspecified atom stereocenters. The molecule has 0 amide bonds. The van der Waals surface area contributed by atoms with Crippen LogP contribution in [0.25, 0.3) is 0 Å². The molecule has 1 aromatic heterocycles. The Morgan fingerprint density at radius 2 is 2.05 bits per heavy atom. The van der Waals surface area contributed by atoms with Gasteiger partial charge < -0.3 is 4.90 Å². The van der Waals surface area contributed by atoms with E-state index in [0.717, 1.165) is 22.6 Å². The summed E-state index contributed by atoms with van der Waals surface area (Å²) in [7, 11) is 0. The van der Waals surface area contributed by atoms with Crippen molar-refractivity contribution in [2.24, 2.45) is 0 Å². The molecule has 1 nitrogen and oxygen atoms in total. The predicted octanol–water partition coefficient (Wildman–Crippen LogP) is 5.71. The molecular weight excluding hydrogens is 342 g/mol. The van der Waals surface area contributed by atoms with E-state index in [4.69, 9.17) is 11.6 Å². The van der Waals surface area contributed by atoms with E-state index in [-0.39, 0.29) is 0 Å². The van der Waals surface area contributed by atoms with Crippen LogP contribution in [0.2, 0.25) is 5.02 Å². The van der Waals surface area contributed by atoms with Gasteiger partial charge in [-0.3, -0.25) is 0 Å². The molecule has 0 aliphatic heterocycles. The molecule has 4 heteroatoms.